The van der Waals surface area contributed by atoms with Crippen LogP contribution in [0.4, 0.5) is 17.3 Å². The Morgan fingerprint density at radius 3 is 2.70 bits per heavy atom. The molecule has 0 unspecified atom stereocenters. The lowest BCUT2D eigenvalue weighted by Gasteiger charge is -2.28. The summed E-state index contributed by atoms with van der Waals surface area (Å²) >= 11 is 1.26. The second kappa shape index (κ2) is 10.0. The van der Waals surface area contributed by atoms with Crippen molar-refractivity contribution in [1.82, 2.24) is 14.8 Å². The van der Waals surface area contributed by atoms with Crippen LogP contribution in [-0.4, -0.2) is 57.7 Å². The fourth-order valence-electron chi connectivity index (χ4n) is 3.53. The van der Waals surface area contributed by atoms with Gasteiger partial charge in [0.05, 0.1) is 29.6 Å². The lowest BCUT2D eigenvalue weighted by Crippen LogP contribution is -2.37. The second-order valence-corrected chi connectivity index (χ2v) is 8.59. The summed E-state index contributed by atoms with van der Waals surface area (Å²) in [4.78, 5) is 25.4. The van der Waals surface area contributed by atoms with Crippen LogP contribution in [0.5, 0.6) is 0 Å². The van der Waals surface area contributed by atoms with Crippen LogP contribution in [0.1, 0.15) is 11.1 Å². The van der Waals surface area contributed by atoms with Gasteiger partial charge in [-0.1, -0.05) is 30.0 Å². The molecule has 1 aliphatic rings. The summed E-state index contributed by atoms with van der Waals surface area (Å²) in [6.45, 7) is 6.33. The van der Waals surface area contributed by atoms with E-state index in [-0.39, 0.29) is 17.3 Å². The smallest absolute Gasteiger partial charge is 0.274 e. The van der Waals surface area contributed by atoms with Crippen molar-refractivity contribution in [1.29, 1.82) is 0 Å². The molecule has 0 atom stereocenters. The van der Waals surface area contributed by atoms with E-state index in [1.54, 1.807) is 19.1 Å². The zero-order valence-electron chi connectivity index (χ0n) is 18.4. The van der Waals surface area contributed by atoms with Gasteiger partial charge in [-0.15, -0.1) is 10.2 Å². The molecule has 1 aliphatic heterocycles. The summed E-state index contributed by atoms with van der Waals surface area (Å²) in [5, 5.41) is 23.2. The lowest BCUT2D eigenvalue weighted by molar-refractivity contribution is -0.385. The van der Waals surface area contributed by atoms with Crippen molar-refractivity contribution >= 4 is 35.0 Å². The number of amides is 1. The molecule has 1 fully saturated rings. The van der Waals surface area contributed by atoms with Gasteiger partial charge in [0.2, 0.25) is 11.9 Å². The SMILES string of the molecule is Cc1cccc(-n2c(SCC(=O)Nc3ccc(C)c([N+](=O)[O-])c3)nnc2N2CCOCC2)c1. The van der Waals surface area contributed by atoms with Crippen molar-refractivity contribution < 1.29 is 14.5 Å². The quantitative estimate of drug-likeness (QED) is 0.319. The lowest BCUT2D eigenvalue weighted by atomic mass is 10.2. The highest BCUT2D eigenvalue weighted by molar-refractivity contribution is 7.99. The van der Waals surface area contributed by atoms with Gasteiger partial charge in [-0.2, -0.15) is 0 Å². The van der Waals surface area contributed by atoms with E-state index in [2.05, 4.69) is 20.4 Å². The van der Waals surface area contributed by atoms with Crippen LogP contribution in [0.25, 0.3) is 5.69 Å². The predicted octanol–water partition coefficient (Wildman–Crippen LogP) is 3.36. The van der Waals surface area contributed by atoms with E-state index in [1.807, 2.05) is 35.8 Å². The third-order valence-corrected chi connectivity index (χ3v) is 6.12. The molecule has 1 N–H and O–H groups in total. The summed E-state index contributed by atoms with van der Waals surface area (Å²) in [6, 6.07) is 12.6. The normalized spacial score (nSPS) is 13.7. The number of carbonyl (C=O) groups excluding carboxylic acids is 1. The first kappa shape index (κ1) is 22.7. The van der Waals surface area contributed by atoms with Gasteiger partial charge in [0.15, 0.2) is 5.16 Å². The van der Waals surface area contributed by atoms with Gasteiger partial charge in [-0.25, -0.2) is 0 Å². The minimum absolute atomic E-state index is 0.0326. The minimum atomic E-state index is -0.461. The molecule has 0 bridgehead atoms. The summed E-state index contributed by atoms with van der Waals surface area (Å²) in [7, 11) is 0. The van der Waals surface area contributed by atoms with E-state index in [0.29, 0.717) is 48.7 Å². The molecule has 3 aromatic rings. The highest BCUT2D eigenvalue weighted by Crippen LogP contribution is 2.28. The third-order valence-electron chi connectivity index (χ3n) is 5.19. The first-order chi connectivity index (χ1) is 15.9. The highest BCUT2D eigenvalue weighted by Gasteiger charge is 2.22. The maximum Gasteiger partial charge on any atom is 0.274 e. The van der Waals surface area contributed by atoms with Crippen molar-refractivity contribution in [3.63, 3.8) is 0 Å². The standard InChI is InChI=1S/C22H24N6O4S/c1-15-4-3-5-18(12-15)27-21(26-8-10-32-11-9-26)24-25-22(27)33-14-20(29)23-17-7-6-16(2)19(13-17)28(30)31/h3-7,12-13H,8-11,14H2,1-2H3,(H,23,29). The van der Waals surface area contributed by atoms with Crippen molar-refractivity contribution in [3.05, 3.63) is 63.7 Å². The van der Waals surface area contributed by atoms with E-state index in [0.717, 1.165) is 11.3 Å². The molecular formula is C22H24N6O4S. The Kier molecular flexibility index (Phi) is 6.90. The number of ether oxygens (including phenoxy) is 1. The Bertz CT molecular complexity index is 1180. The Morgan fingerprint density at radius 2 is 1.97 bits per heavy atom. The molecule has 0 aliphatic carbocycles. The van der Waals surface area contributed by atoms with Gasteiger partial charge in [0.25, 0.3) is 5.69 Å². The summed E-state index contributed by atoms with van der Waals surface area (Å²) in [6.07, 6.45) is 0. The number of morpholine rings is 1. The van der Waals surface area contributed by atoms with E-state index in [1.165, 1.54) is 17.8 Å². The Morgan fingerprint density at radius 1 is 1.18 bits per heavy atom. The van der Waals surface area contributed by atoms with Gasteiger partial charge in [-0.05, 0) is 37.6 Å². The summed E-state index contributed by atoms with van der Waals surface area (Å²) < 4.78 is 7.41. The van der Waals surface area contributed by atoms with E-state index in [4.69, 9.17) is 4.74 Å². The Hall–Kier alpha value is -3.44. The van der Waals surface area contributed by atoms with Gasteiger partial charge in [0.1, 0.15) is 0 Å². The molecule has 1 amide bonds. The minimum Gasteiger partial charge on any atom is -0.378 e. The van der Waals surface area contributed by atoms with Crippen LogP contribution >= 0.6 is 11.8 Å². The number of carbonyl (C=O) groups is 1. The van der Waals surface area contributed by atoms with Crippen LogP contribution in [0.2, 0.25) is 0 Å². The van der Waals surface area contributed by atoms with Crippen molar-refractivity contribution in [2.24, 2.45) is 0 Å². The number of anilines is 2. The first-order valence-corrected chi connectivity index (χ1v) is 11.4. The number of rotatable bonds is 7. The first-order valence-electron chi connectivity index (χ1n) is 10.5. The van der Waals surface area contributed by atoms with Crippen LogP contribution < -0.4 is 10.2 Å². The molecule has 33 heavy (non-hydrogen) atoms. The number of nitrogens with zero attached hydrogens (tertiary/aromatic N) is 5. The van der Waals surface area contributed by atoms with Crippen molar-refractivity contribution in [3.8, 4) is 5.69 Å². The maximum absolute atomic E-state index is 12.6. The number of aromatic nitrogens is 3. The van der Waals surface area contributed by atoms with Gasteiger partial charge in [0, 0.05) is 30.4 Å². The molecule has 0 saturated carbocycles. The average Bonchev–Trinajstić information content (AvgIpc) is 3.23. The predicted molar refractivity (Wildman–Crippen MR) is 126 cm³/mol. The average molecular weight is 469 g/mol. The second-order valence-electron chi connectivity index (χ2n) is 7.65. The maximum atomic E-state index is 12.6. The molecule has 2 heterocycles. The molecule has 0 spiro atoms. The van der Waals surface area contributed by atoms with Gasteiger partial charge >= 0.3 is 0 Å². The third kappa shape index (κ3) is 5.32. The van der Waals surface area contributed by atoms with Crippen molar-refractivity contribution in [2.45, 2.75) is 19.0 Å². The number of hydrogen-bond acceptors (Lipinski definition) is 8. The molecule has 172 valence electrons. The molecular weight excluding hydrogens is 444 g/mol. The molecule has 10 nitrogen and oxygen atoms in total. The number of nitrogens with one attached hydrogen (secondary N) is 1. The Labute approximate surface area is 195 Å². The van der Waals surface area contributed by atoms with Gasteiger partial charge < -0.3 is 15.0 Å². The zero-order chi connectivity index (χ0) is 23.4. The fraction of sp³-hybridized carbons (Fsp3) is 0.318. The molecule has 4 rings (SSSR count). The molecule has 2 aromatic carbocycles. The number of thioether (sulfide) groups is 1. The number of nitro groups is 1. The van der Waals surface area contributed by atoms with Crippen LogP contribution in [0.15, 0.2) is 47.6 Å². The van der Waals surface area contributed by atoms with Crippen LogP contribution in [0, 0.1) is 24.0 Å². The number of benzene rings is 2. The largest absolute Gasteiger partial charge is 0.378 e. The highest BCUT2D eigenvalue weighted by atomic mass is 32.2. The number of nitro benzene ring substituents is 1. The molecule has 1 aromatic heterocycles. The van der Waals surface area contributed by atoms with E-state index >= 15 is 0 Å². The monoisotopic (exact) mass is 468 g/mol. The summed E-state index contributed by atoms with van der Waals surface area (Å²) in [5.74, 6) is 0.500. The number of hydrogen-bond donors (Lipinski definition) is 1. The van der Waals surface area contributed by atoms with Crippen LogP contribution in [0.3, 0.4) is 0 Å². The van der Waals surface area contributed by atoms with E-state index < -0.39 is 4.92 Å². The van der Waals surface area contributed by atoms with Gasteiger partial charge in [-0.3, -0.25) is 19.5 Å². The van der Waals surface area contributed by atoms with Crippen LogP contribution in [-0.2, 0) is 9.53 Å². The topological polar surface area (TPSA) is 115 Å². The van der Waals surface area contributed by atoms with E-state index in [9.17, 15) is 14.9 Å². The van der Waals surface area contributed by atoms with Crippen molar-refractivity contribution in [2.75, 3.05) is 42.3 Å². The molecule has 0 radical (unpaired) electrons. The fourth-order valence-corrected chi connectivity index (χ4v) is 4.27. The number of aryl methyl sites for hydroxylation is 2. The summed E-state index contributed by atoms with van der Waals surface area (Å²) in [5.41, 5.74) is 2.90. The Balaban J connectivity index is 1.53. The zero-order valence-corrected chi connectivity index (χ0v) is 19.2. The molecule has 11 heteroatoms. The molecule has 1 saturated heterocycles.